The second-order valence-corrected chi connectivity index (χ2v) is 6.87. The Bertz CT molecular complexity index is 390. The molecule has 1 nitrogen and oxygen atoms in total. The van der Waals surface area contributed by atoms with Gasteiger partial charge in [0.05, 0.1) is 0 Å². The summed E-state index contributed by atoms with van der Waals surface area (Å²) < 4.78 is 0. The van der Waals surface area contributed by atoms with Gasteiger partial charge in [0.2, 0.25) is 0 Å². The number of nitrogens with zero attached hydrogens (tertiary/aromatic N) is 1. The minimum Gasteiger partial charge on any atom is -0.261 e. The number of aryl methyl sites for hydroxylation is 1. The Kier molecular flexibility index (Phi) is 3.51. The summed E-state index contributed by atoms with van der Waals surface area (Å²) in [5.41, 5.74) is 2.92. The molecule has 3 atom stereocenters. The van der Waals surface area contributed by atoms with Gasteiger partial charge >= 0.3 is 0 Å². The lowest BCUT2D eigenvalue weighted by Gasteiger charge is -2.23. The fourth-order valence-corrected chi connectivity index (χ4v) is 4.41. The Morgan fingerprint density at radius 1 is 1.18 bits per heavy atom. The molecular weight excluding hydrogens is 274 g/mol. The molecule has 1 saturated carbocycles. The minimum absolute atomic E-state index is 0.739. The van der Waals surface area contributed by atoms with E-state index in [9.17, 15) is 0 Å². The zero-order valence-corrected chi connectivity index (χ0v) is 11.8. The van der Waals surface area contributed by atoms with Gasteiger partial charge in [-0.25, -0.2) is 0 Å². The van der Waals surface area contributed by atoms with Gasteiger partial charge in [0.25, 0.3) is 0 Å². The fourth-order valence-electron chi connectivity index (χ4n) is 3.60. The highest BCUT2D eigenvalue weighted by Gasteiger charge is 2.32. The Hall–Kier alpha value is -0.370. The highest BCUT2D eigenvalue weighted by atomic mass is 79.9. The standard InChI is InChI=1S/C15H20BrN/c16-13-6-2-1-4-12(10-13)14-8-7-11-5-3-9-17-15(11)14/h3,5,9,12-14H,1-2,4,6-8,10H2. The maximum absolute atomic E-state index is 4.66. The van der Waals surface area contributed by atoms with Crippen molar-refractivity contribution in [1.82, 2.24) is 4.98 Å². The van der Waals surface area contributed by atoms with E-state index in [1.54, 1.807) is 0 Å². The van der Waals surface area contributed by atoms with Crippen LogP contribution in [0.3, 0.4) is 0 Å². The molecule has 17 heavy (non-hydrogen) atoms. The van der Waals surface area contributed by atoms with Crippen molar-refractivity contribution in [1.29, 1.82) is 0 Å². The molecule has 0 aromatic carbocycles. The van der Waals surface area contributed by atoms with Gasteiger partial charge in [-0.1, -0.05) is 34.8 Å². The number of pyridine rings is 1. The Morgan fingerprint density at radius 2 is 2.06 bits per heavy atom. The Balaban J connectivity index is 1.81. The number of hydrogen-bond donors (Lipinski definition) is 0. The molecule has 3 unspecified atom stereocenters. The van der Waals surface area contributed by atoms with Gasteiger partial charge in [-0.2, -0.15) is 0 Å². The first-order chi connectivity index (χ1) is 8.34. The van der Waals surface area contributed by atoms with Crippen LogP contribution in [0.25, 0.3) is 0 Å². The molecule has 2 heteroatoms. The van der Waals surface area contributed by atoms with Gasteiger partial charge in [-0.15, -0.1) is 0 Å². The molecular formula is C15H20BrN. The zero-order chi connectivity index (χ0) is 11.7. The van der Waals surface area contributed by atoms with Crippen LogP contribution in [-0.4, -0.2) is 9.81 Å². The molecule has 3 rings (SSSR count). The summed E-state index contributed by atoms with van der Waals surface area (Å²) in [6.45, 7) is 0. The second-order valence-electron chi connectivity index (χ2n) is 5.57. The van der Waals surface area contributed by atoms with E-state index in [2.05, 4.69) is 33.0 Å². The van der Waals surface area contributed by atoms with Crippen LogP contribution in [0.15, 0.2) is 18.3 Å². The third kappa shape index (κ3) is 2.42. The summed E-state index contributed by atoms with van der Waals surface area (Å²) in [5, 5.41) is 0. The zero-order valence-electron chi connectivity index (χ0n) is 10.2. The van der Waals surface area contributed by atoms with Crippen LogP contribution in [0.4, 0.5) is 0 Å². The SMILES string of the molecule is BrC1CCCCC(C2CCc3cccnc32)C1. The molecule has 0 saturated heterocycles. The predicted octanol–water partition coefficient (Wildman–Crippen LogP) is 4.46. The van der Waals surface area contributed by atoms with E-state index in [1.807, 2.05) is 6.20 Å². The van der Waals surface area contributed by atoms with E-state index in [0.717, 1.165) is 16.7 Å². The van der Waals surface area contributed by atoms with Crippen LogP contribution < -0.4 is 0 Å². The summed E-state index contributed by atoms with van der Waals surface area (Å²) in [6.07, 6.45) is 11.5. The van der Waals surface area contributed by atoms with Crippen LogP contribution in [0, 0.1) is 5.92 Å². The fraction of sp³-hybridized carbons (Fsp3) is 0.667. The van der Waals surface area contributed by atoms with E-state index in [-0.39, 0.29) is 0 Å². The Labute approximate surface area is 112 Å². The molecule has 1 heterocycles. The summed E-state index contributed by atoms with van der Waals surface area (Å²) in [4.78, 5) is 5.39. The molecule has 2 aliphatic rings. The van der Waals surface area contributed by atoms with E-state index < -0.39 is 0 Å². The summed E-state index contributed by atoms with van der Waals surface area (Å²) in [5.74, 6) is 1.60. The lowest BCUT2D eigenvalue weighted by atomic mass is 9.84. The van der Waals surface area contributed by atoms with Crippen molar-refractivity contribution >= 4 is 15.9 Å². The number of alkyl halides is 1. The van der Waals surface area contributed by atoms with Gasteiger partial charge in [-0.3, -0.25) is 4.98 Å². The average molecular weight is 294 g/mol. The molecule has 0 N–H and O–H groups in total. The van der Waals surface area contributed by atoms with Crippen molar-refractivity contribution in [3.05, 3.63) is 29.6 Å². The molecule has 0 spiro atoms. The molecule has 0 bridgehead atoms. The number of fused-ring (bicyclic) bond motifs is 1. The number of aromatic nitrogens is 1. The number of rotatable bonds is 1. The van der Waals surface area contributed by atoms with Crippen LogP contribution in [-0.2, 0) is 6.42 Å². The summed E-state index contributed by atoms with van der Waals surface area (Å²) in [6, 6.07) is 4.35. The first-order valence-electron chi connectivity index (χ1n) is 6.92. The predicted molar refractivity (Wildman–Crippen MR) is 74.6 cm³/mol. The molecule has 2 aliphatic carbocycles. The van der Waals surface area contributed by atoms with Crippen molar-refractivity contribution in [2.24, 2.45) is 5.92 Å². The monoisotopic (exact) mass is 293 g/mol. The lowest BCUT2D eigenvalue weighted by molar-refractivity contribution is 0.373. The maximum atomic E-state index is 4.66. The second kappa shape index (κ2) is 5.09. The smallest absolute Gasteiger partial charge is 0.0469 e. The first-order valence-corrected chi connectivity index (χ1v) is 7.84. The third-order valence-electron chi connectivity index (χ3n) is 4.47. The topological polar surface area (TPSA) is 12.9 Å². The highest BCUT2D eigenvalue weighted by molar-refractivity contribution is 9.09. The summed E-state index contributed by atoms with van der Waals surface area (Å²) >= 11 is 3.85. The first kappa shape index (κ1) is 11.7. The van der Waals surface area contributed by atoms with Gasteiger partial charge in [0.15, 0.2) is 0 Å². The largest absolute Gasteiger partial charge is 0.261 e. The number of halogens is 1. The number of hydrogen-bond acceptors (Lipinski definition) is 1. The van der Waals surface area contributed by atoms with Crippen molar-refractivity contribution < 1.29 is 0 Å². The quantitative estimate of drug-likeness (QED) is 0.550. The van der Waals surface area contributed by atoms with Gasteiger partial charge in [0.1, 0.15) is 0 Å². The van der Waals surface area contributed by atoms with Gasteiger partial charge in [0, 0.05) is 22.6 Å². The van der Waals surface area contributed by atoms with Crippen molar-refractivity contribution in [3.63, 3.8) is 0 Å². The molecule has 1 aromatic heterocycles. The minimum atomic E-state index is 0.739. The normalized spacial score (nSPS) is 33.1. The van der Waals surface area contributed by atoms with Crippen LogP contribution in [0.1, 0.15) is 55.7 Å². The Morgan fingerprint density at radius 3 is 3.00 bits per heavy atom. The van der Waals surface area contributed by atoms with Crippen LogP contribution in [0.2, 0.25) is 0 Å². The van der Waals surface area contributed by atoms with E-state index in [0.29, 0.717) is 0 Å². The van der Waals surface area contributed by atoms with Crippen molar-refractivity contribution in [2.45, 2.75) is 55.7 Å². The van der Waals surface area contributed by atoms with Crippen molar-refractivity contribution in [2.75, 3.05) is 0 Å². The average Bonchev–Trinajstić information content (AvgIpc) is 2.66. The molecule has 1 fully saturated rings. The van der Waals surface area contributed by atoms with Crippen LogP contribution >= 0.6 is 15.9 Å². The summed E-state index contributed by atoms with van der Waals surface area (Å²) in [7, 11) is 0. The molecule has 92 valence electrons. The molecule has 1 aromatic rings. The third-order valence-corrected chi connectivity index (χ3v) is 5.30. The van der Waals surface area contributed by atoms with Gasteiger partial charge in [-0.05, 0) is 49.7 Å². The maximum Gasteiger partial charge on any atom is 0.0469 e. The van der Waals surface area contributed by atoms with Gasteiger partial charge < -0.3 is 0 Å². The molecule has 0 aliphatic heterocycles. The molecule has 0 radical (unpaired) electrons. The van der Waals surface area contributed by atoms with E-state index in [4.69, 9.17) is 0 Å². The molecule has 0 amide bonds. The highest BCUT2D eigenvalue weighted by Crippen LogP contribution is 2.43. The van der Waals surface area contributed by atoms with E-state index in [1.165, 1.54) is 56.2 Å². The van der Waals surface area contributed by atoms with Crippen molar-refractivity contribution in [3.8, 4) is 0 Å². The van der Waals surface area contributed by atoms with Crippen LogP contribution in [0.5, 0.6) is 0 Å². The van der Waals surface area contributed by atoms with E-state index >= 15 is 0 Å². The lowest BCUT2D eigenvalue weighted by Crippen LogP contribution is -2.14.